The number of ether oxygens (including phenoxy) is 1. The molecule has 3 nitrogen and oxygen atoms in total. The molecule has 0 saturated carbocycles. The number of hydrogen-bond acceptors (Lipinski definition) is 2. The van der Waals surface area contributed by atoms with Crippen LogP contribution in [0.3, 0.4) is 0 Å². The van der Waals surface area contributed by atoms with Gasteiger partial charge in [0.25, 0.3) is 6.07 Å². The quantitative estimate of drug-likeness (QED) is 0.712. The third-order valence-corrected chi connectivity index (χ3v) is 2.76. The van der Waals surface area contributed by atoms with E-state index in [0.717, 1.165) is 18.5 Å². The first-order valence-corrected chi connectivity index (χ1v) is 5.40. The molecular formula is C13H14NO2+. The van der Waals surface area contributed by atoms with Crippen molar-refractivity contribution in [2.24, 2.45) is 5.92 Å². The molecule has 2 rings (SSSR count). The number of aryl methyl sites for hydroxylation is 1. The fourth-order valence-corrected chi connectivity index (χ4v) is 1.82. The van der Waals surface area contributed by atoms with Gasteiger partial charge >= 0.3 is 11.7 Å². The van der Waals surface area contributed by atoms with Gasteiger partial charge in [0.15, 0.2) is 0 Å². The fourth-order valence-electron chi connectivity index (χ4n) is 1.82. The second kappa shape index (κ2) is 4.80. The van der Waals surface area contributed by atoms with Crippen LogP contribution < -0.4 is 0 Å². The van der Waals surface area contributed by atoms with Gasteiger partial charge in [-0.3, -0.25) is 4.79 Å². The van der Waals surface area contributed by atoms with Gasteiger partial charge in [0.2, 0.25) is 0 Å². The monoisotopic (exact) mass is 216 g/mol. The molecule has 0 amide bonds. The van der Waals surface area contributed by atoms with E-state index in [4.69, 9.17) is 0 Å². The minimum absolute atomic E-state index is 0.0693. The predicted octanol–water partition coefficient (Wildman–Crippen LogP) is 2.78. The van der Waals surface area contributed by atoms with Crippen molar-refractivity contribution in [3.63, 3.8) is 0 Å². The van der Waals surface area contributed by atoms with Crippen LogP contribution in [0.4, 0.5) is 5.69 Å². The standard InChI is InChI=1S/C13H14NO2/c1-16-13(15)8-10-6-7-11-4-2-3-5-12(11)14-9-10/h2-5,10H,6-8H2,1H3/q+1. The van der Waals surface area contributed by atoms with Crippen molar-refractivity contribution < 1.29 is 9.53 Å². The Labute approximate surface area is 94.9 Å². The van der Waals surface area contributed by atoms with Crippen molar-refractivity contribution in [2.75, 3.05) is 7.11 Å². The van der Waals surface area contributed by atoms with Gasteiger partial charge in [0.1, 0.15) is 5.92 Å². The van der Waals surface area contributed by atoms with Gasteiger partial charge in [-0.25, -0.2) is 0 Å². The molecule has 16 heavy (non-hydrogen) atoms. The van der Waals surface area contributed by atoms with Crippen LogP contribution in [-0.4, -0.2) is 13.1 Å². The average Bonchev–Trinajstić information content (AvgIpc) is 2.52. The summed E-state index contributed by atoms with van der Waals surface area (Å²) in [5.41, 5.74) is 2.19. The Bertz CT molecular complexity index is 456. The van der Waals surface area contributed by atoms with Crippen molar-refractivity contribution in [3.05, 3.63) is 34.7 Å². The van der Waals surface area contributed by atoms with E-state index in [9.17, 15) is 4.79 Å². The van der Waals surface area contributed by atoms with Gasteiger partial charge in [0, 0.05) is 11.6 Å². The van der Waals surface area contributed by atoms with Crippen LogP contribution in [0, 0.1) is 12.0 Å². The summed E-state index contributed by atoms with van der Waals surface area (Å²) in [7, 11) is 1.41. The highest BCUT2D eigenvalue weighted by atomic mass is 16.5. The Morgan fingerprint density at radius 1 is 1.56 bits per heavy atom. The average molecular weight is 216 g/mol. The van der Waals surface area contributed by atoms with Crippen molar-refractivity contribution in [2.45, 2.75) is 19.3 Å². The highest BCUT2D eigenvalue weighted by molar-refractivity contribution is 5.70. The number of rotatable bonds is 2. The van der Waals surface area contributed by atoms with E-state index in [1.54, 1.807) is 0 Å². The Kier molecular flexibility index (Phi) is 3.21. The van der Waals surface area contributed by atoms with Crippen LogP contribution in [0.15, 0.2) is 24.3 Å². The SMILES string of the molecule is COC(=O)CC1C#[N+]c2ccccc2CC1. The topological polar surface area (TPSA) is 30.7 Å². The molecular weight excluding hydrogens is 202 g/mol. The predicted molar refractivity (Wildman–Crippen MR) is 61.8 cm³/mol. The van der Waals surface area contributed by atoms with E-state index in [2.05, 4.69) is 21.7 Å². The van der Waals surface area contributed by atoms with E-state index in [1.807, 2.05) is 18.2 Å². The van der Waals surface area contributed by atoms with Crippen LogP contribution in [-0.2, 0) is 16.0 Å². The van der Waals surface area contributed by atoms with Crippen molar-refractivity contribution in [3.8, 4) is 6.07 Å². The number of methoxy groups -OCH3 is 1. The number of hydrogen-bond donors (Lipinski definition) is 0. The van der Waals surface area contributed by atoms with Gasteiger partial charge < -0.3 is 4.74 Å². The Hall–Kier alpha value is -1.82. The van der Waals surface area contributed by atoms with Crippen LogP contribution in [0.1, 0.15) is 18.4 Å². The van der Waals surface area contributed by atoms with Crippen molar-refractivity contribution >= 4 is 11.7 Å². The molecule has 0 aromatic heterocycles. The van der Waals surface area contributed by atoms with Gasteiger partial charge in [-0.2, -0.15) is 0 Å². The minimum atomic E-state index is -0.196. The van der Waals surface area contributed by atoms with E-state index >= 15 is 0 Å². The molecule has 1 atom stereocenters. The smallest absolute Gasteiger partial charge is 0.343 e. The number of esters is 1. The molecule has 1 heterocycles. The molecule has 0 aliphatic carbocycles. The van der Waals surface area contributed by atoms with E-state index in [0.29, 0.717) is 6.42 Å². The van der Waals surface area contributed by atoms with Gasteiger partial charge in [-0.05, 0) is 17.7 Å². The van der Waals surface area contributed by atoms with Crippen molar-refractivity contribution in [1.29, 1.82) is 0 Å². The minimum Gasteiger partial charge on any atom is -0.469 e. The lowest BCUT2D eigenvalue weighted by Crippen LogP contribution is -2.08. The summed E-state index contributed by atoms with van der Waals surface area (Å²) in [6.45, 7) is 0. The fraction of sp³-hybridized carbons (Fsp3) is 0.385. The lowest BCUT2D eigenvalue weighted by molar-refractivity contribution is -0.141. The number of nitrogens with zero attached hydrogens (tertiary/aromatic N) is 1. The van der Waals surface area contributed by atoms with Gasteiger partial charge in [-0.15, -0.1) is 0 Å². The van der Waals surface area contributed by atoms with Crippen molar-refractivity contribution in [1.82, 2.24) is 0 Å². The molecule has 0 fully saturated rings. The van der Waals surface area contributed by atoms with Crippen LogP contribution in [0.25, 0.3) is 4.85 Å². The molecule has 82 valence electrons. The molecule has 3 heteroatoms. The maximum absolute atomic E-state index is 11.2. The number of benzene rings is 1. The summed E-state index contributed by atoms with van der Waals surface area (Å²) in [6.07, 6.45) is 2.21. The second-order valence-corrected chi connectivity index (χ2v) is 3.89. The third kappa shape index (κ3) is 2.40. The number of carbonyl (C=O) groups excluding carboxylic acids is 1. The zero-order valence-corrected chi connectivity index (χ0v) is 9.27. The number of para-hydroxylation sites is 1. The van der Waals surface area contributed by atoms with Crippen LogP contribution in [0.2, 0.25) is 0 Å². The zero-order valence-electron chi connectivity index (χ0n) is 9.27. The van der Waals surface area contributed by atoms with Crippen LogP contribution in [0.5, 0.6) is 0 Å². The highest BCUT2D eigenvalue weighted by Gasteiger charge is 2.22. The molecule has 0 spiro atoms. The lowest BCUT2D eigenvalue weighted by atomic mass is 9.98. The highest BCUT2D eigenvalue weighted by Crippen LogP contribution is 2.26. The Balaban J connectivity index is 2.11. The molecule has 0 bridgehead atoms. The molecule has 1 aromatic rings. The summed E-state index contributed by atoms with van der Waals surface area (Å²) in [5.74, 6) is -0.126. The van der Waals surface area contributed by atoms with E-state index in [1.165, 1.54) is 12.7 Å². The maximum atomic E-state index is 11.2. The van der Waals surface area contributed by atoms with Gasteiger partial charge in [-0.1, -0.05) is 18.2 Å². The lowest BCUT2D eigenvalue weighted by Gasteiger charge is -2.02. The normalized spacial score (nSPS) is 17.7. The van der Waals surface area contributed by atoms with E-state index in [-0.39, 0.29) is 11.9 Å². The molecule has 0 saturated heterocycles. The molecule has 0 radical (unpaired) electrons. The first-order chi connectivity index (χ1) is 7.79. The molecule has 1 unspecified atom stereocenters. The maximum Gasteiger partial charge on any atom is 0.343 e. The Morgan fingerprint density at radius 3 is 3.19 bits per heavy atom. The van der Waals surface area contributed by atoms with Crippen LogP contribution >= 0.6 is 0 Å². The molecule has 1 aromatic carbocycles. The van der Waals surface area contributed by atoms with Gasteiger partial charge in [0.05, 0.1) is 13.5 Å². The number of fused-ring (bicyclic) bond motifs is 1. The Morgan fingerprint density at radius 2 is 2.38 bits per heavy atom. The molecule has 1 aliphatic heterocycles. The summed E-state index contributed by atoms with van der Waals surface area (Å²) in [4.78, 5) is 15.5. The first kappa shape index (κ1) is 10.7. The summed E-state index contributed by atoms with van der Waals surface area (Å²) >= 11 is 0. The largest absolute Gasteiger partial charge is 0.469 e. The second-order valence-electron chi connectivity index (χ2n) is 3.89. The third-order valence-electron chi connectivity index (χ3n) is 2.76. The summed E-state index contributed by atoms with van der Waals surface area (Å²) in [6, 6.07) is 11.0. The molecule has 1 aliphatic rings. The summed E-state index contributed by atoms with van der Waals surface area (Å²) in [5, 5.41) is 0. The zero-order chi connectivity index (χ0) is 11.4. The molecule has 0 N–H and O–H groups in total. The van der Waals surface area contributed by atoms with E-state index < -0.39 is 0 Å². The first-order valence-electron chi connectivity index (χ1n) is 5.40. The number of carbonyl (C=O) groups is 1. The summed E-state index contributed by atoms with van der Waals surface area (Å²) < 4.78 is 4.65.